The van der Waals surface area contributed by atoms with Crippen LogP contribution in [0, 0.1) is 0 Å². The molecule has 0 fully saturated rings. The third-order valence-electron chi connectivity index (χ3n) is 2.67. The standard InChI is InChI=1S/C14H13Br2NO2S/c1-17(7-10-4-5-20-9-10)14(18)8-19-13-3-2-11(15)6-12(13)16/h2-6,9H,7-8H2,1H3. The topological polar surface area (TPSA) is 29.5 Å². The first-order chi connectivity index (χ1) is 9.56. The minimum absolute atomic E-state index is 0.0286. The molecule has 2 rings (SSSR count). The maximum absolute atomic E-state index is 12.0. The van der Waals surface area contributed by atoms with Crippen molar-refractivity contribution >= 4 is 49.1 Å². The van der Waals surface area contributed by atoms with Crippen LogP contribution in [0.25, 0.3) is 0 Å². The number of hydrogen-bond acceptors (Lipinski definition) is 3. The third kappa shape index (κ3) is 4.33. The van der Waals surface area contributed by atoms with Crippen molar-refractivity contribution in [3.63, 3.8) is 0 Å². The van der Waals surface area contributed by atoms with Crippen LogP contribution < -0.4 is 4.74 Å². The number of nitrogens with zero attached hydrogens (tertiary/aromatic N) is 1. The van der Waals surface area contributed by atoms with Gasteiger partial charge >= 0.3 is 0 Å². The van der Waals surface area contributed by atoms with E-state index in [0.29, 0.717) is 12.3 Å². The zero-order valence-corrected chi connectivity index (χ0v) is 14.8. The summed E-state index contributed by atoms with van der Waals surface area (Å²) in [5.41, 5.74) is 1.13. The largest absolute Gasteiger partial charge is 0.483 e. The summed E-state index contributed by atoms with van der Waals surface area (Å²) >= 11 is 8.40. The van der Waals surface area contributed by atoms with Gasteiger partial charge in [0.2, 0.25) is 0 Å². The van der Waals surface area contributed by atoms with Crippen LogP contribution in [0.1, 0.15) is 5.56 Å². The van der Waals surface area contributed by atoms with E-state index in [2.05, 4.69) is 31.9 Å². The summed E-state index contributed by atoms with van der Waals surface area (Å²) in [6, 6.07) is 7.59. The number of amides is 1. The lowest BCUT2D eigenvalue weighted by molar-refractivity contribution is -0.132. The molecule has 0 bridgehead atoms. The zero-order valence-electron chi connectivity index (χ0n) is 10.8. The highest BCUT2D eigenvalue weighted by Crippen LogP contribution is 2.28. The van der Waals surface area contributed by atoms with Gasteiger partial charge < -0.3 is 9.64 Å². The summed E-state index contributed by atoms with van der Waals surface area (Å²) in [6.07, 6.45) is 0. The van der Waals surface area contributed by atoms with Gasteiger partial charge in [0.1, 0.15) is 5.75 Å². The van der Waals surface area contributed by atoms with E-state index in [9.17, 15) is 4.79 Å². The summed E-state index contributed by atoms with van der Waals surface area (Å²) in [6.45, 7) is 0.633. The fourth-order valence-electron chi connectivity index (χ4n) is 1.59. The molecule has 0 saturated heterocycles. The smallest absolute Gasteiger partial charge is 0.260 e. The van der Waals surface area contributed by atoms with Gasteiger partial charge in [0.15, 0.2) is 6.61 Å². The van der Waals surface area contributed by atoms with Crippen molar-refractivity contribution < 1.29 is 9.53 Å². The van der Waals surface area contributed by atoms with Crippen molar-refractivity contribution in [2.45, 2.75) is 6.54 Å². The predicted octanol–water partition coefficient (Wildman–Crippen LogP) is 4.31. The zero-order chi connectivity index (χ0) is 14.5. The Balaban J connectivity index is 1.88. The molecular weight excluding hydrogens is 406 g/mol. The first-order valence-electron chi connectivity index (χ1n) is 5.89. The number of hydrogen-bond donors (Lipinski definition) is 0. The highest BCUT2D eigenvalue weighted by molar-refractivity contribution is 9.11. The number of benzene rings is 1. The van der Waals surface area contributed by atoms with Crippen LogP contribution in [0.3, 0.4) is 0 Å². The van der Waals surface area contributed by atoms with Crippen LogP contribution in [-0.2, 0) is 11.3 Å². The molecule has 0 N–H and O–H groups in total. The molecule has 6 heteroatoms. The molecule has 0 aliphatic heterocycles. The summed E-state index contributed by atoms with van der Waals surface area (Å²) in [7, 11) is 1.78. The summed E-state index contributed by atoms with van der Waals surface area (Å²) in [5, 5.41) is 4.04. The van der Waals surface area contributed by atoms with Crippen molar-refractivity contribution in [1.82, 2.24) is 4.90 Å². The number of halogens is 2. The summed E-state index contributed by atoms with van der Waals surface area (Å²) in [5.74, 6) is 0.608. The Kier molecular flexibility index (Phi) is 5.63. The van der Waals surface area contributed by atoms with Crippen LogP contribution in [0.15, 0.2) is 44.0 Å². The van der Waals surface area contributed by atoms with Crippen molar-refractivity contribution in [3.05, 3.63) is 49.5 Å². The maximum Gasteiger partial charge on any atom is 0.260 e. The molecule has 0 unspecified atom stereocenters. The van der Waals surface area contributed by atoms with Crippen LogP contribution in [0.4, 0.5) is 0 Å². The fourth-order valence-corrected chi connectivity index (χ4v) is 3.41. The van der Waals surface area contributed by atoms with Gasteiger partial charge in [-0.3, -0.25) is 4.79 Å². The first kappa shape index (κ1) is 15.5. The Hall–Kier alpha value is -0.850. The van der Waals surface area contributed by atoms with E-state index in [1.54, 1.807) is 23.3 Å². The predicted molar refractivity (Wildman–Crippen MR) is 88.1 cm³/mol. The monoisotopic (exact) mass is 417 g/mol. The van der Waals surface area contributed by atoms with E-state index in [1.165, 1.54) is 0 Å². The Bertz CT molecular complexity index is 587. The lowest BCUT2D eigenvalue weighted by atomic mass is 10.3. The molecule has 1 amide bonds. The Morgan fingerprint density at radius 2 is 2.15 bits per heavy atom. The number of likely N-dealkylation sites (N-methyl/N-ethyl adjacent to an activating group) is 1. The molecule has 2 aromatic rings. The minimum Gasteiger partial charge on any atom is -0.483 e. The SMILES string of the molecule is CN(Cc1ccsc1)C(=O)COc1ccc(Br)cc1Br. The van der Waals surface area contributed by atoms with E-state index >= 15 is 0 Å². The van der Waals surface area contributed by atoms with E-state index in [-0.39, 0.29) is 12.5 Å². The molecule has 0 spiro atoms. The fraction of sp³-hybridized carbons (Fsp3) is 0.214. The minimum atomic E-state index is -0.0500. The molecule has 1 aromatic carbocycles. The maximum atomic E-state index is 12.0. The van der Waals surface area contributed by atoms with Crippen LogP contribution in [0.5, 0.6) is 5.75 Å². The molecule has 3 nitrogen and oxygen atoms in total. The van der Waals surface area contributed by atoms with Crippen molar-refractivity contribution in [2.75, 3.05) is 13.7 Å². The first-order valence-corrected chi connectivity index (χ1v) is 8.42. The molecule has 0 aliphatic rings. The van der Waals surface area contributed by atoms with Gasteiger partial charge in [-0.1, -0.05) is 15.9 Å². The average Bonchev–Trinajstić information content (AvgIpc) is 2.90. The Morgan fingerprint density at radius 1 is 1.35 bits per heavy atom. The average molecular weight is 419 g/mol. The molecule has 106 valence electrons. The van der Waals surface area contributed by atoms with Crippen molar-refractivity contribution in [1.29, 1.82) is 0 Å². The van der Waals surface area contributed by atoms with Gasteiger partial charge in [-0.15, -0.1) is 0 Å². The van der Waals surface area contributed by atoms with Gasteiger partial charge in [0, 0.05) is 18.1 Å². The van der Waals surface area contributed by atoms with Gasteiger partial charge in [0.05, 0.1) is 4.47 Å². The second-order valence-electron chi connectivity index (χ2n) is 4.24. The number of rotatable bonds is 5. The summed E-state index contributed by atoms with van der Waals surface area (Å²) in [4.78, 5) is 13.7. The molecule has 0 radical (unpaired) electrons. The van der Waals surface area contributed by atoms with E-state index in [4.69, 9.17) is 4.74 Å². The quantitative estimate of drug-likeness (QED) is 0.723. The van der Waals surface area contributed by atoms with Gasteiger partial charge in [0.25, 0.3) is 5.91 Å². The van der Waals surface area contributed by atoms with Crippen LogP contribution in [0.2, 0.25) is 0 Å². The van der Waals surface area contributed by atoms with E-state index < -0.39 is 0 Å². The number of carbonyl (C=O) groups excluding carboxylic acids is 1. The molecule has 1 heterocycles. The Labute approximate surface area is 138 Å². The highest BCUT2D eigenvalue weighted by Gasteiger charge is 2.11. The molecule has 1 aromatic heterocycles. The van der Waals surface area contributed by atoms with Crippen LogP contribution >= 0.6 is 43.2 Å². The molecule has 0 atom stereocenters. The lowest BCUT2D eigenvalue weighted by Crippen LogP contribution is -2.30. The molecule has 0 aliphatic carbocycles. The van der Waals surface area contributed by atoms with Crippen molar-refractivity contribution in [2.24, 2.45) is 0 Å². The lowest BCUT2D eigenvalue weighted by Gasteiger charge is -2.17. The summed E-state index contributed by atoms with van der Waals surface area (Å²) < 4.78 is 7.31. The van der Waals surface area contributed by atoms with Gasteiger partial charge in [-0.25, -0.2) is 0 Å². The highest BCUT2D eigenvalue weighted by atomic mass is 79.9. The van der Waals surface area contributed by atoms with E-state index in [0.717, 1.165) is 14.5 Å². The van der Waals surface area contributed by atoms with E-state index in [1.807, 2.05) is 35.0 Å². The molecular formula is C14H13Br2NO2S. The number of carbonyl (C=O) groups is 1. The molecule has 20 heavy (non-hydrogen) atoms. The van der Waals surface area contributed by atoms with Crippen LogP contribution in [-0.4, -0.2) is 24.5 Å². The number of thiophene rings is 1. The number of ether oxygens (including phenoxy) is 1. The molecule has 0 saturated carbocycles. The van der Waals surface area contributed by atoms with Gasteiger partial charge in [-0.05, 0) is 56.5 Å². The normalized spacial score (nSPS) is 10.3. The third-order valence-corrected chi connectivity index (χ3v) is 4.52. The van der Waals surface area contributed by atoms with Gasteiger partial charge in [-0.2, -0.15) is 11.3 Å². The second kappa shape index (κ2) is 7.24. The van der Waals surface area contributed by atoms with Crippen molar-refractivity contribution in [3.8, 4) is 5.75 Å². The second-order valence-corrected chi connectivity index (χ2v) is 6.79. The Morgan fingerprint density at radius 3 is 2.80 bits per heavy atom.